The van der Waals surface area contributed by atoms with Crippen LogP contribution in [0.15, 0.2) is 48.5 Å². The maximum absolute atomic E-state index is 11.4. The molecule has 0 unspecified atom stereocenters. The van der Waals surface area contributed by atoms with Gasteiger partial charge in [0.1, 0.15) is 0 Å². The molecule has 2 aliphatic rings. The quantitative estimate of drug-likeness (QED) is 0.886. The standard InChI is InChI=1S/C18H17NO/c1-12(20)19-11-18-10-15(13-6-2-4-8-16(13)18)14-7-3-5-9-17(14)18/h2-9,15H,10-11H2,1H3,(H,19,20). The first-order valence-electron chi connectivity index (χ1n) is 7.16. The number of carbonyl (C=O) groups is 1. The largest absolute Gasteiger partial charge is 0.355 e. The first kappa shape index (κ1) is 11.7. The Morgan fingerprint density at radius 1 is 1.10 bits per heavy atom. The number of hydrogen-bond donors (Lipinski definition) is 1. The van der Waals surface area contributed by atoms with Gasteiger partial charge in [-0.05, 0) is 28.7 Å². The van der Waals surface area contributed by atoms with Gasteiger partial charge in [-0.25, -0.2) is 0 Å². The Hall–Kier alpha value is -2.09. The van der Waals surface area contributed by atoms with E-state index in [1.807, 2.05) is 0 Å². The second-order valence-corrected chi connectivity index (χ2v) is 5.92. The van der Waals surface area contributed by atoms with Crippen molar-refractivity contribution in [1.29, 1.82) is 0 Å². The lowest BCUT2D eigenvalue weighted by Gasteiger charge is -2.31. The minimum Gasteiger partial charge on any atom is -0.355 e. The molecule has 0 saturated heterocycles. The van der Waals surface area contributed by atoms with Gasteiger partial charge in [0, 0.05) is 24.8 Å². The zero-order valence-corrected chi connectivity index (χ0v) is 11.5. The maximum atomic E-state index is 11.4. The van der Waals surface area contributed by atoms with Crippen LogP contribution in [0.5, 0.6) is 0 Å². The highest BCUT2D eigenvalue weighted by molar-refractivity contribution is 5.74. The van der Waals surface area contributed by atoms with Crippen LogP contribution in [-0.2, 0) is 10.2 Å². The normalized spacial score (nSPS) is 25.1. The predicted octanol–water partition coefficient (Wildman–Crippen LogP) is 2.96. The number of amides is 1. The van der Waals surface area contributed by atoms with E-state index in [4.69, 9.17) is 0 Å². The number of carbonyl (C=O) groups excluding carboxylic acids is 1. The second-order valence-electron chi connectivity index (χ2n) is 5.92. The predicted molar refractivity (Wildman–Crippen MR) is 78.8 cm³/mol. The van der Waals surface area contributed by atoms with E-state index in [0.717, 1.165) is 6.42 Å². The SMILES string of the molecule is CC(=O)NCC12CC(c3ccccc31)c1ccccc12. The van der Waals surface area contributed by atoms with Crippen molar-refractivity contribution in [3.63, 3.8) is 0 Å². The van der Waals surface area contributed by atoms with Crippen molar-refractivity contribution < 1.29 is 4.79 Å². The highest BCUT2D eigenvalue weighted by Crippen LogP contribution is 2.59. The van der Waals surface area contributed by atoms with Crippen LogP contribution < -0.4 is 5.32 Å². The molecule has 0 heterocycles. The van der Waals surface area contributed by atoms with E-state index in [1.54, 1.807) is 6.92 Å². The van der Waals surface area contributed by atoms with Crippen LogP contribution in [0.2, 0.25) is 0 Å². The van der Waals surface area contributed by atoms with Gasteiger partial charge in [-0.1, -0.05) is 48.5 Å². The minimum absolute atomic E-state index is 0.0243. The van der Waals surface area contributed by atoms with Crippen LogP contribution in [0.4, 0.5) is 0 Å². The third-order valence-corrected chi connectivity index (χ3v) is 4.90. The lowest BCUT2D eigenvalue weighted by molar-refractivity contribution is -0.119. The van der Waals surface area contributed by atoms with Gasteiger partial charge in [-0.2, -0.15) is 0 Å². The molecule has 20 heavy (non-hydrogen) atoms. The third-order valence-electron chi connectivity index (χ3n) is 4.90. The van der Waals surface area contributed by atoms with E-state index >= 15 is 0 Å². The van der Waals surface area contributed by atoms with Gasteiger partial charge in [-0.3, -0.25) is 4.79 Å². The Balaban J connectivity index is 1.91. The van der Waals surface area contributed by atoms with E-state index in [-0.39, 0.29) is 11.3 Å². The molecule has 1 N–H and O–H groups in total. The van der Waals surface area contributed by atoms with Gasteiger partial charge in [0.25, 0.3) is 0 Å². The summed E-state index contributed by atoms with van der Waals surface area (Å²) in [7, 11) is 0. The summed E-state index contributed by atoms with van der Waals surface area (Å²) in [6.07, 6.45) is 1.09. The highest BCUT2D eigenvalue weighted by atomic mass is 16.1. The van der Waals surface area contributed by atoms with E-state index in [1.165, 1.54) is 22.3 Å². The summed E-state index contributed by atoms with van der Waals surface area (Å²) in [6, 6.07) is 17.4. The lowest BCUT2D eigenvalue weighted by Crippen LogP contribution is -2.38. The topological polar surface area (TPSA) is 29.1 Å². The Morgan fingerprint density at radius 3 is 2.20 bits per heavy atom. The van der Waals surface area contributed by atoms with Crippen molar-refractivity contribution in [1.82, 2.24) is 5.32 Å². The molecular formula is C18H17NO. The molecule has 2 aliphatic carbocycles. The van der Waals surface area contributed by atoms with E-state index in [9.17, 15) is 4.79 Å². The molecule has 2 nitrogen and oxygen atoms in total. The molecule has 0 aromatic heterocycles. The van der Waals surface area contributed by atoms with Crippen LogP contribution in [0, 0.1) is 0 Å². The first-order chi connectivity index (χ1) is 9.72. The number of rotatable bonds is 2. The fourth-order valence-electron chi connectivity index (χ4n) is 4.11. The molecule has 0 radical (unpaired) electrons. The van der Waals surface area contributed by atoms with Gasteiger partial charge < -0.3 is 5.32 Å². The minimum atomic E-state index is -0.0243. The zero-order chi connectivity index (χ0) is 13.7. The molecule has 0 aliphatic heterocycles. The Morgan fingerprint density at radius 2 is 1.65 bits per heavy atom. The Bertz CT molecular complexity index is 657. The van der Waals surface area contributed by atoms with Crippen LogP contribution in [0.25, 0.3) is 0 Å². The molecule has 2 aromatic rings. The molecule has 0 fully saturated rings. The monoisotopic (exact) mass is 263 g/mol. The van der Waals surface area contributed by atoms with Crippen molar-refractivity contribution >= 4 is 5.91 Å². The molecule has 2 bridgehead atoms. The van der Waals surface area contributed by atoms with Crippen molar-refractivity contribution in [3.05, 3.63) is 70.8 Å². The van der Waals surface area contributed by atoms with Crippen LogP contribution in [0.3, 0.4) is 0 Å². The first-order valence-corrected chi connectivity index (χ1v) is 7.16. The van der Waals surface area contributed by atoms with Gasteiger partial charge in [0.2, 0.25) is 5.91 Å². The Kier molecular flexibility index (Phi) is 2.31. The molecule has 0 atom stereocenters. The number of nitrogens with one attached hydrogen (secondary N) is 1. The molecule has 4 rings (SSSR count). The number of hydrogen-bond acceptors (Lipinski definition) is 1. The maximum Gasteiger partial charge on any atom is 0.216 e. The van der Waals surface area contributed by atoms with Gasteiger partial charge in [-0.15, -0.1) is 0 Å². The average molecular weight is 263 g/mol. The summed E-state index contributed by atoms with van der Waals surface area (Å²) >= 11 is 0. The van der Waals surface area contributed by atoms with Gasteiger partial charge in [0.05, 0.1) is 0 Å². The average Bonchev–Trinajstić information content (AvgIpc) is 2.98. The smallest absolute Gasteiger partial charge is 0.216 e. The van der Waals surface area contributed by atoms with Gasteiger partial charge >= 0.3 is 0 Å². The van der Waals surface area contributed by atoms with Crippen molar-refractivity contribution in [3.8, 4) is 0 Å². The summed E-state index contributed by atoms with van der Waals surface area (Å²) in [6.45, 7) is 2.29. The summed E-state index contributed by atoms with van der Waals surface area (Å²) < 4.78 is 0. The fraction of sp³-hybridized carbons (Fsp3) is 0.278. The molecule has 100 valence electrons. The molecule has 1 amide bonds. The van der Waals surface area contributed by atoms with Crippen molar-refractivity contribution in [2.75, 3.05) is 6.54 Å². The van der Waals surface area contributed by atoms with E-state index in [0.29, 0.717) is 12.5 Å². The number of benzene rings is 2. The van der Waals surface area contributed by atoms with Gasteiger partial charge in [0.15, 0.2) is 0 Å². The highest BCUT2D eigenvalue weighted by Gasteiger charge is 2.52. The summed E-state index contributed by atoms with van der Waals surface area (Å²) in [4.78, 5) is 11.4. The van der Waals surface area contributed by atoms with Crippen molar-refractivity contribution in [2.24, 2.45) is 0 Å². The summed E-state index contributed by atoms with van der Waals surface area (Å²) in [5.41, 5.74) is 5.66. The molecule has 2 heteroatoms. The van der Waals surface area contributed by atoms with Crippen molar-refractivity contribution in [2.45, 2.75) is 24.7 Å². The summed E-state index contributed by atoms with van der Waals surface area (Å²) in [5.74, 6) is 0.542. The molecule has 0 spiro atoms. The number of fused-ring (bicyclic) bond motifs is 8. The van der Waals surface area contributed by atoms with Crippen LogP contribution in [0.1, 0.15) is 41.5 Å². The zero-order valence-electron chi connectivity index (χ0n) is 11.5. The second kappa shape index (κ2) is 3.95. The molecular weight excluding hydrogens is 246 g/mol. The molecule has 2 aromatic carbocycles. The Labute approximate surface area is 118 Å². The van der Waals surface area contributed by atoms with Crippen LogP contribution in [-0.4, -0.2) is 12.5 Å². The van der Waals surface area contributed by atoms with E-state index in [2.05, 4.69) is 53.8 Å². The van der Waals surface area contributed by atoms with Crippen LogP contribution >= 0.6 is 0 Å². The van der Waals surface area contributed by atoms with E-state index < -0.39 is 0 Å². The fourth-order valence-corrected chi connectivity index (χ4v) is 4.11. The lowest BCUT2D eigenvalue weighted by atomic mass is 9.75. The summed E-state index contributed by atoms with van der Waals surface area (Å²) in [5, 5.41) is 3.05. The third kappa shape index (κ3) is 1.36. The molecule has 0 saturated carbocycles.